The Balaban J connectivity index is 2.02. The highest BCUT2D eigenvalue weighted by Crippen LogP contribution is 2.36. The lowest BCUT2D eigenvalue weighted by Gasteiger charge is -2.42. The van der Waals surface area contributed by atoms with Gasteiger partial charge < -0.3 is 0 Å². The zero-order valence-electron chi connectivity index (χ0n) is 12.1. The Bertz CT molecular complexity index is 322. The smallest absolute Gasteiger partial charge is 0.108 e. The van der Waals surface area contributed by atoms with Gasteiger partial charge in [0.25, 0.3) is 0 Å². The number of rotatable bonds is 3. The van der Waals surface area contributed by atoms with Crippen LogP contribution in [0.4, 0.5) is 0 Å². The monoisotopic (exact) mass is 249 g/mol. The molecule has 0 aromatic heterocycles. The number of likely N-dealkylation sites (tertiary alicyclic amines) is 1. The first kappa shape index (κ1) is 13.8. The van der Waals surface area contributed by atoms with Crippen LogP contribution in [-0.2, 0) is 0 Å². The van der Waals surface area contributed by atoms with Crippen LogP contribution in [0.25, 0.3) is 0 Å². The summed E-state index contributed by atoms with van der Waals surface area (Å²) in [6, 6.07) is 3.83. The lowest BCUT2D eigenvalue weighted by Crippen LogP contribution is -2.49. The number of nitriles is 1. The molecule has 2 aliphatic rings. The van der Waals surface area contributed by atoms with Crippen molar-refractivity contribution in [2.24, 2.45) is 5.92 Å². The molecule has 0 radical (unpaired) electrons. The molecule has 102 valence electrons. The number of nitrogens with zero attached hydrogens (tertiary/aromatic N) is 2. The molecule has 3 nitrogen and oxygen atoms in total. The van der Waals surface area contributed by atoms with E-state index in [1.165, 1.54) is 25.8 Å². The first-order valence-electron chi connectivity index (χ1n) is 7.54. The average Bonchev–Trinajstić information content (AvgIpc) is 2.78. The molecule has 2 fully saturated rings. The second-order valence-electron chi connectivity index (χ2n) is 6.22. The molecule has 0 aromatic rings. The van der Waals surface area contributed by atoms with Crippen molar-refractivity contribution in [2.45, 2.75) is 70.5 Å². The molecule has 1 heterocycles. The van der Waals surface area contributed by atoms with Crippen molar-refractivity contribution in [3.63, 3.8) is 0 Å². The fourth-order valence-electron chi connectivity index (χ4n) is 3.83. The fourth-order valence-corrected chi connectivity index (χ4v) is 3.83. The molecule has 1 N–H and O–H groups in total. The molecule has 0 bridgehead atoms. The Morgan fingerprint density at radius 1 is 1.39 bits per heavy atom. The normalized spacial score (nSPS) is 41.8. The van der Waals surface area contributed by atoms with Crippen LogP contribution in [0.15, 0.2) is 0 Å². The maximum atomic E-state index is 9.45. The third-order valence-corrected chi connectivity index (χ3v) is 5.11. The maximum Gasteiger partial charge on any atom is 0.108 e. The van der Waals surface area contributed by atoms with Gasteiger partial charge in [0.15, 0.2) is 0 Å². The van der Waals surface area contributed by atoms with Gasteiger partial charge in [-0.25, -0.2) is 0 Å². The van der Waals surface area contributed by atoms with Crippen LogP contribution >= 0.6 is 0 Å². The van der Waals surface area contributed by atoms with Crippen LogP contribution in [0.5, 0.6) is 0 Å². The minimum atomic E-state index is -0.250. The zero-order valence-corrected chi connectivity index (χ0v) is 12.1. The SMILES string of the molecule is CCNC1(C#N)CCC(N2CCCC(C)C2C)C1. The number of piperidine rings is 1. The zero-order chi connectivity index (χ0) is 13.2. The van der Waals surface area contributed by atoms with E-state index in [9.17, 15) is 5.26 Å². The van der Waals surface area contributed by atoms with Crippen LogP contribution in [0.2, 0.25) is 0 Å². The van der Waals surface area contributed by atoms with E-state index in [4.69, 9.17) is 0 Å². The van der Waals surface area contributed by atoms with Gasteiger partial charge in [-0.05, 0) is 58.0 Å². The van der Waals surface area contributed by atoms with Crippen LogP contribution in [-0.4, -0.2) is 35.6 Å². The van der Waals surface area contributed by atoms with E-state index in [0.717, 1.165) is 25.3 Å². The Morgan fingerprint density at radius 3 is 2.83 bits per heavy atom. The lowest BCUT2D eigenvalue weighted by atomic mass is 9.90. The van der Waals surface area contributed by atoms with Crippen molar-refractivity contribution < 1.29 is 0 Å². The molecule has 3 heteroatoms. The summed E-state index contributed by atoms with van der Waals surface area (Å²) < 4.78 is 0. The van der Waals surface area contributed by atoms with Gasteiger partial charge in [0.2, 0.25) is 0 Å². The molecule has 2 rings (SSSR count). The average molecular weight is 249 g/mol. The van der Waals surface area contributed by atoms with Crippen LogP contribution < -0.4 is 5.32 Å². The number of hydrogen-bond acceptors (Lipinski definition) is 3. The standard InChI is InChI=1S/C15H27N3/c1-4-17-15(11-16)8-7-14(10-15)18-9-5-6-12(2)13(18)3/h12-14,17H,4-10H2,1-3H3. The largest absolute Gasteiger partial charge is 0.300 e. The first-order valence-corrected chi connectivity index (χ1v) is 7.54. The van der Waals surface area contributed by atoms with Gasteiger partial charge in [-0.2, -0.15) is 5.26 Å². The Labute approximate surface area is 112 Å². The summed E-state index contributed by atoms with van der Waals surface area (Å²) in [5, 5.41) is 12.9. The van der Waals surface area contributed by atoms with Crippen molar-refractivity contribution in [3.8, 4) is 6.07 Å². The molecular weight excluding hydrogens is 222 g/mol. The molecular formula is C15H27N3. The maximum absolute atomic E-state index is 9.45. The van der Waals surface area contributed by atoms with Gasteiger partial charge in [-0.3, -0.25) is 10.2 Å². The quantitative estimate of drug-likeness (QED) is 0.835. The van der Waals surface area contributed by atoms with E-state index in [1.54, 1.807) is 0 Å². The molecule has 0 amide bonds. The van der Waals surface area contributed by atoms with Crippen molar-refractivity contribution >= 4 is 0 Å². The van der Waals surface area contributed by atoms with E-state index >= 15 is 0 Å². The highest BCUT2D eigenvalue weighted by molar-refractivity contribution is 5.13. The van der Waals surface area contributed by atoms with Crippen molar-refractivity contribution in [2.75, 3.05) is 13.1 Å². The van der Waals surface area contributed by atoms with Crippen molar-refractivity contribution in [1.29, 1.82) is 5.26 Å². The Kier molecular flexibility index (Phi) is 4.29. The van der Waals surface area contributed by atoms with E-state index in [1.807, 2.05) is 0 Å². The van der Waals surface area contributed by atoms with Crippen LogP contribution in [0.1, 0.15) is 52.9 Å². The van der Waals surface area contributed by atoms with Crippen LogP contribution in [0, 0.1) is 17.2 Å². The minimum absolute atomic E-state index is 0.250. The number of hydrogen-bond donors (Lipinski definition) is 1. The van der Waals surface area contributed by atoms with Crippen molar-refractivity contribution in [3.05, 3.63) is 0 Å². The molecule has 0 aromatic carbocycles. The summed E-state index contributed by atoms with van der Waals surface area (Å²) in [5.41, 5.74) is -0.250. The van der Waals surface area contributed by atoms with E-state index < -0.39 is 0 Å². The third-order valence-electron chi connectivity index (χ3n) is 5.11. The second kappa shape index (κ2) is 5.59. The summed E-state index contributed by atoms with van der Waals surface area (Å²) in [6.45, 7) is 8.95. The topological polar surface area (TPSA) is 39.1 Å². The van der Waals surface area contributed by atoms with Gasteiger partial charge in [-0.15, -0.1) is 0 Å². The van der Waals surface area contributed by atoms with Gasteiger partial charge in [0.1, 0.15) is 5.54 Å². The summed E-state index contributed by atoms with van der Waals surface area (Å²) >= 11 is 0. The van der Waals surface area contributed by atoms with Gasteiger partial charge in [0.05, 0.1) is 6.07 Å². The second-order valence-corrected chi connectivity index (χ2v) is 6.22. The summed E-state index contributed by atoms with van der Waals surface area (Å²) in [4.78, 5) is 2.67. The Hall–Kier alpha value is -0.590. The molecule has 0 spiro atoms. The first-order chi connectivity index (χ1) is 8.62. The molecule has 1 saturated heterocycles. The van der Waals surface area contributed by atoms with Gasteiger partial charge >= 0.3 is 0 Å². The van der Waals surface area contributed by atoms with Crippen molar-refractivity contribution in [1.82, 2.24) is 10.2 Å². The van der Waals surface area contributed by atoms with Gasteiger partial charge in [0, 0.05) is 12.1 Å². The molecule has 18 heavy (non-hydrogen) atoms. The van der Waals surface area contributed by atoms with Crippen LogP contribution in [0.3, 0.4) is 0 Å². The highest BCUT2D eigenvalue weighted by atomic mass is 15.2. The summed E-state index contributed by atoms with van der Waals surface area (Å²) in [5.74, 6) is 0.801. The fraction of sp³-hybridized carbons (Fsp3) is 0.933. The lowest BCUT2D eigenvalue weighted by molar-refractivity contribution is 0.0683. The third kappa shape index (κ3) is 2.55. The minimum Gasteiger partial charge on any atom is -0.300 e. The van der Waals surface area contributed by atoms with E-state index in [2.05, 4.69) is 37.1 Å². The highest BCUT2D eigenvalue weighted by Gasteiger charge is 2.43. The molecule has 1 saturated carbocycles. The summed E-state index contributed by atoms with van der Waals surface area (Å²) in [6.07, 6.45) is 5.88. The predicted molar refractivity (Wildman–Crippen MR) is 74.2 cm³/mol. The molecule has 1 aliphatic carbocycles. The number of nitrogens with one attached hydrogen (secondary N) is 1. The molecule has 1 aliphatic heterocycles. The predicted octanol–water partition coefficient (Wildman–Crippen LogP) is 2.53. The summed E-state index contributed by atoms with van der Waals surface area (Å²) in [7, 11) is 0. The van der Waals surface area contributed by atoms with Gasteiger partial charge in [-0.1, -0.05) is 13.8 Å². The molecule has 4 unspecified atom stereocenters. The Morgan fingerprint density at radius 2 is 2.17 bits per heavy atom. The molecule has 4 atom stereocenters. The van der Waals surface area contributed by atoms with E-state index in [-0.39, 0.29) is 5.54 Å². The van der Waals surface area contributed by atoms with E-state index in [0.29, 0.717) is 12.1 Å².